The minimum absolute atomic E-state index is 0.00250. The normalized spacial score (nSPS) is 13.2. The van der Waals surface area contributed by atoms with Gasteiger partial charge in [0.05, 0.1) is 47.2 Å². The first kappa shape index (κ1) is 48.2. The zero-order chi connectivity index (χ0) is 51.6. The Morgan fingerprint density at radius 1 is 0.689 bits per heavy atom. The van der Waals surface area contributed by atoms with Gasteiger partial charge in [-0.25, -0.2) is 33.7 Å². The highest BCUT2D eigenvalue weighted by Crippen LogP contribution is 2.42. The molecule has 74 heavy (non-hydrogen) atoms. The molecule has 0 saturated heterocycles. The summed E-state index contributed by atoms with van der Waals surface area (Å²) in [5.41, 5.74) is 4.80. The zero-order valence-electron chi connectivity index (χ0n) is 39.3. The van der Waals surface area contributed by atoms with Crippen LogP contribution >= 0.6 is 23.2 Å². The van der Waals surface area contributed by atoms with E-state index < -0.39 is 30.6 Å². The van der Waals surface area contributed by atoms with Crippen molar-refractivity contribution in [3.8, 4) is 0 Å². The highest BCUT2D eigenvalue weighted by atomic mass is 35.5. The summed E-state index contributed by atoms with van der Waals surface area (Å²) in [5.74, 6) is -0.278. The molecule has 4 aromatic heterocycles. The maximum atomic E-state index is 15.1. The summed E-state index contributed by atoms with van der Waals surface area (Å²) in [7, 11) is 3.43. The number of halogens is 3. The fraction of sp³-hybridized carbons (Fsp3) is 0.0980. The zero-order valence-corrected chi connectivity index (χ0v) is 40.8. The maximum Gasteiger partial charge on any atom is 0.335 e. The van der Waals surface area contributed by atoms with Gasteiger partial charge in [-0.1, -0.05) is 66.2 Å². The van der Waals surface area contributed by atoms with Crippen molar-refractivity contribution in [2.45, 2.75) is 13.1 Å². The lowest BCUT2D eigenvalue weighted by molar-refractivity contribution is -0.113. The average molecular weight is 1030 g/mol. The number of benzene rings is 4. The molecule has 0 atom stereocenters. The number of urea groups is 2. The predicted molar refractivity (Wildman–Crippen MR) is 281 cm³/mol. The predicted octanol–water partition coefficient (Wildman–Crippen LogP) is 10.4. The molecule has 0 spiro atoms. The van der Waals surface area contributed by atoms with Gasteiger partial charge in [0.25, 0.3) is 5.91 Å². The van der Waals surface area contributed by atoms with Crippen LogP contribution in [0.15, 0.2) is 153 Å². The number of carbonyl (C=O) groups is 4. The van der Waals surface area contributed by atoms with Crippen molar-refractivity contribution in [3.05, 3.63) is 174 Å². The van der Waals surface area contributed by atoms with Crippen molar-refractivity contribution in [1.29, 1.82) is 0 Å². The molecule has 3 N–H and O–H groups in total. The molecule has 20 nitrogen and oxygen atoms in total. The van der Waals surface area contributed by atoms with Crippen LogP contribution in [0, 0.1) is 0 Å². The summed E-state index contributed by atoms with van der Waals surface area (Å²) in [6, 6.07) is 28.4. The van der Waals surface area contributed by atoms with Crippen LogP contribution in [0.25, 0.3) is 0 Å². The van der Waals surface area contributed by atoms with Crippen LogP contribution < -0.4 is 40.4 Å². The summed E-state index contributed by atoms with van der Waals surface area (Å²) in [6.45, 7) is 3.15. The summed E-state index contributed by atoms with van der Waals surface area (Å²) >= 11 is 12.7. The molecule has 0 radical (unpaired) electrons. The second-order valence-corrected chi connectivity index (χ2v) is 17.3. The maximum absolute atomic E-state index is 15.1. The van der Waals surface area contributed by atoms with Crippen molar-refractivity contribution in [2.24, 2.45) is 14.1 Å². The van der Waals surface area contributed by atoms with Crippen molar-refractivity contribution >= 4 is 122 Å². The van der Waals surface area contributed by atoms with Gasteiger partial charge in [0.2, 0.25) is 17.8 Å². The monoisotopic (exact) mass is 1030 g/mol. The van der Waals surface area contributed by atoms with E-state index in [1.807, 2.05) is 30.3 Å². The van der Waals surface area contributed by atoms with E-state index >= 15 is 4.79 Å². The quantitative estimate of drug-likeness (QED) is 0.0870. The number of hydrogen-bond acceptors (Lipinski definition) is 12. The first-order chi connectivity index (χ1) is 35.8. The minimum atomic E-state index is -0.821. The lowest BCUT2D eigenvalue weighted by Crippen LogP contribution is -2.45. The molecule has 0 unspecified atom stereocenters. The SMILES string of the molecule is C=CC(=O)N(c1cccc(N2Cc3cnc(Nc4cn(C)nc4Cl)nc3N(c3cccc(NC(=O)/C=C/CF)c3)C2=O)c1)c1cccc(N2C(=O)N(c3ccccc3)Cc3cnc(Nc4cn(C)nc4Cl)nc32)c1. The molecule has 2 aliphatic heterocycles. The molecule has 8 aromatic rings. The average Bonchev–Trinajstić information content (AvgIpc) is 3.90. The van der Waals surface area contributed by atoms with Crippen LogP contribution in [-0.2, 0) is 36.8 Å². The Morgan fingerprint density at radius 3 is 1.72 bits per heavy atom. The van der Waals surface area contributed by atoms with Crippen LogP contribution in [0.5, 0.6) is 0 Å². The molecular weight excluding hydrogens is 991 g/mol. The Morgan fingerprint density at radius 2 is 1.19 bits per heavy atom. The number of amides is 6. The van der Waals surface area contributed by atoms with E-state index in [1.165, 1.54) is 24.3 Å². The third-order valence-corrected chi connectivity index (χ3v) is 12.2. The Bertz CT molecular complexity index is 3550. The van der Waals surface area contributed by atoms with Gasteiger partial charge in [0, 0.05) is 73.1 Å². The van der Waals surface area contributed by atoms with Crippen LogP contribution in [-0.4, -0.2) is 70.0 Å². The second kappa shape index (κ2) is 20.3. The van der Waals surface area contributed by atoms with Crippen LogP contribution in [0.4, 0.5) is 88.7 Å². The third-order valence-electron chi connectivity index (χ3n) is 11.6. The topological polar surface area (TPSA) is 208 Å². The molecule has 2 aliphatic rings. The largest absolute Gasteiger partial charge is 0.335 e. The number of allylic oxidation sites excluding steroid dienone is 1. The molecule has 0 aliphatic carbocycles. The van der Waals surface area contributed by atoms with Crippen molar-refractivity contribution in [3.63, 3.8) is 0 Å². The number of nitrogens with one attached hydrogen (secondary N) is 3. The first-order valence-electron chi connectivity index (χ1n) is 22.6. The number of para-hydroxylation sites is 1. The van der Waals surface area contributed by atoms with E-state index in [1.54, 1.807) is 121 Å². The summed E-state index contributed by atoms with van der Waals surface area (Å²) in [6.07, 6.45) is 9.86. The number of aryl methyl sites for hydroxylation is 2. The van der Waals surface area contributed by atoms with Crippen molar-refractivity contribution < 1.29 is 23.6 Å². The minimum Gasteiger partial charge on any atom is -0.322 e. The number of fused-ring (bicyclic) bond motifs is 2. The summed E-state index contributed by atoms with van der Waals surface area (Å²) in [5, 5.41) is 17.6. The van der Waals surface area contributed by atoms with E-state index in [0.717, 1.165) is 18.2 Å². The molecule has 10 rings (SSSR count). The number of alkyl halides is 1. The van der Waals surface area contributed by atoms with E-state index in [-0.39, 0.29) is 41.1 Å². The molecule has 0 fully saturated rings. The fourth-order valence-corrected chi connectivity index (χ4v) is 8.79. The molecule has 370 valence electrons. The highest BCUT2D eigenvalue weighted by Gasteiger charge is 2.37. The van der Waals surface area contributed by atoms with Crippen LogP contribution in [0.3, 0.4) is 0 Å². The van der Waals surface area contributed by atoms with Gasteiger partial charge in [0.15, 0.2) is 21.9 Å². The standard InChI is InChI=1S/C51H41Cl2FN16O4/c1-4-43(72)68(38-18-10-19-39(24-38)70-47-31(27-66(50(70)73)34-13-6-5-7-14-34)25-55-49(61-47)59-41-30-65(3)63-45(41)53)37-17-9-15-35(23-37)67-28-32-26-56-48(58-40-29-64(2)62-44(40)52)60-46(32)69(51(67)74)36-16-8-12-33(22-36)57-42(71)20-11-21-54/h4-20,22-26,29-30H,1,21,27-28H2,2-3H3,(H,57,71)(H,55,59,61)(H,56,58,60)/b20-11+. The number of aromatic nitrogens is 8. The van der Waals surface area contributed by atoms with Gasteiger partial charge in [-0.2, -0.15) is 20.2 Å². The molecule has 23 heteroatoms. The number of rotatable bonds is 14. The fourth-order valence-electron chi connectivity index (χ4n) is 8.36. The lowest BCUT2D eigenvalue weighted by Gasteiger charge is -2.37. The number of carbonyl (C=O) groups excluding carboxylic acids is 4. The van der Waals surface area contributed by atoms with Gasteiger partial charge in [-0.3, -0.25) is 33.7 Å². The number of hydrogen-bond donors (Lipinski definition) is 3. The van der Waals surface area contributed by atoms with Crippen molar-refractivity contribution in [2.75, 3.05) is 47.1 Å². The van der Waals surface area contributed by atoms with Crippen molar-refractivity contribution in [1.82, 2.24) is 39.5 Å². The van der Waals surface area contributed by atoms with Gasteiger partial charge in [-0.05, 0) is 78.9 Å². The summed E-state index contributed by atoms with van der Waals surface area (Å²) in [4.78, 5) is 82.6. The second-order valence-electron chi connectivity index (χ2n) is 16.6. The van der Waals surface area contributed by atoms with E-state index in [4.69, 9.17) is 33.2 Å². The van der Waals surface area contributed by atoms with Gasteiger partial charge >= 0.3 is 12.1 Å². The van der Waals surface area contributed by atoms with Crippen LogP contribution in [0.1, 0.15) is 11.1 Å². The first-order valence-corrected chi connectivity index (χ1v) is 23.3. The Balaban J connectivity index is 1.02. The van der Waals surface area contributed by atoms with E-state index in [0.29, 0.717) is 68.1 Å². The molecular formula is C51H41Cl2FN16O4. The van der Waals surface area contributed by atoms with E-state index in [9.17, 15) is 18.8 Å². The molecule has 6 amide bonds. The number of anilines is 13. The van der Waals surface area contributed by atoms with E-state index in [2.05, 4.69) is 42.7 Å². The molecule has 4 aromatic carbocycles. The van der Waals surface area contributed by atoms with Gasteiger partial charge in [0.1, 0.15) is 6.67 Å². The summed E-state index contributed by atoms with van der Waals surface area (Å²) < 4.78 is 15.9. The highest BCUT2D eigenvalue weighted by molar-refractivity contribution is 6.32. The third kappa shape index (κ3) is 9.66. The number of nitrogens with zero attached hydrogens (tertiary/aromatic N) is 13. The van der Waals surface area contributed by atoms with Gasteiger partial charge < -0.3 is 16.0 Å². The molecule has 0 saturated carbocycles. The Kier molecular flexibility index (Phi) is 13.2. The smallest absolute Gasteiger partial charge is 0.322 e. The van der Waals surface area contributed by atoms with Gasteiger partial charge in [-0.15, -0.1) is 0 Å². The van der Waals surface area contributed by atoms with Crippen LogP contribution in [0.2, 0.25) is 10.3 Å². The lowest BCUT2D eigenvalue weighted by atomic mass is 10.1. The molecule has 0 bridgehead atoms. The Labute approximate surface area is 431 Å². The molecule has 6 heterocycles. The Hall–Kier alpha value is -9.47.